The molecule has 1 aliphatic heterocycles. The van der Waals surface area contributed by atoms with E-state index in [4.69, 9.17) is 0 Å². The lowest BCUT2D eigenvalue weighted by atomic mass is 9.76. The highest BCUT2D eigenvalue weighted by Gasteiger charge is 2.31. The lowest BCUT2D eigenvalue weighted by Gasteiger charge is -2.39. The second kappa shape index (κ2) is 5.64. The molecule has 1 aromatic carbocycles. The molecule has 1 aromatic rings. The molecule has 0 amide bonds. The van der Waals surface area contributed by atoms with Crippen molar-refractivity contribution >= 4 is 5.69 Å². The molecule has 0 saturated carbocycles. The number of allylic oxidation sites excluding steroid dienone is 3. The van der Waals surface area contributed by atoms with Gasteiger partial charge in [0.1, 0.15) is 0 Å². The number of benzene rings is 1. The first-order chi connectivity index (χ1) is 9.38. The van der Waals surface area contributed by atoms with Crippen LogP contribution >= 0.6 is 0 Å². The summed E-state index contributed by atoms with van der Waals surface area (Å²) in [6.07, 6.45) is 14.1. The standard InChI is InChI=1S/C18H23N/c1-2-8-16-13-15-11-6-7-12-17(15)19-18(16)14-9-4-3-5-10-14/h3-7,9,11-12,14,16,18-19H,2,8,10,13H2,1H3/t14?,16-,18-/m0/s1. The highest BCUT2D eigenvalue weighted by Crippen LogP contribution is 2.36. The van der Waals surface area contributed by atoms with E-state index >= 15 is 0 Å². The maximum Gasteiger partial charge on any atom is 0.0375 e. The molecular formula is C18H23N. The van der Waals surface area contributed by atoms with Crippen LogP contribution in [-0.4, -0.2) is 6.04 Å². The quantitative estimate of drug-likeness (QED) is 0.832. The van der Waals surface area contributed by atoms with Crippen LogP contribution in [0.3, 0.4) is 0 Å². The van der Waals surface area contributed by atoms with Gasteiger partial charge in [-0.3, -0.25) is 0 Å². The minimum atomic E-state index is 0.594. The summed E-state index contributed by atoms with van der Waals surface area (Å²) in [5.74, 6) is 1.41. The molecule has 2 aliphatic rings. The Morgan fingerprint density at radius 3 is 2.89 bits per heavy atom. The second-order valence-corrected chi connectivity index (χ2v) is 5.79. The van der Waals surface area contributed by atoms with E-state index in [1.165, 1.54) is 36.9 Å². The van der Waals surface area contributed by atoms with Gasteiger partial charge in [0.15, 0.2) is 0 Å². The highest BCUT2D eigenvalue weighted by molar-refractivity contribution is 5.54. The van der Waals surface area contributed by atoms with E-state index in [0.717, 1.165) is 5.92 Å². The van der Waals surface area contributed by atoms with E-state index in [9.17, 15) is 0 Å². The molecule has 0 fully saturated rings. The number of anilines is 1. The molecule has 0 aromatic heterocycles. The van der Waals surface area contributed by atoms with E-state index in [1.807, 2.05) is 0 Å². The third-order valence-corrected chi connectivity index (χ3v) is 4.46. The van der Waals surface area contributed by atoms with Crippen molar-refractivity contribution in [2.75, 3.05) is 5.32 Å². The number of para-hydroxylation sites is 1. The predicted molar refractivity (Wildman–Crippen MR) is 82.3 cm³/mol. The number of hydrogen-bond donors (Lipinski definition) is 1. The van der Waals surface area contributed by atoms with Crippen molar-refractivity contribution in [1.29, 1.82) is 0 Å². The van der Waals surface area contributed by atoms with Gasteiger partial charge in [0.05, 0.1) is 0 Å². The summed E-state index contributed by atoms with van der Waals surface area (Å²) < 4.78 is 0. The van der Waals surface area contributed by atoms with Gasteiger partial charge >= 0.3 is 0 Å². The van der Waals surface area contributed by atoms with Crippen molar-refractivity contribution in [3.63, 3.8) is 0 Å². The number of fused-ring (bicyclic) bond motifs is 1. The van der Waals surface area contributed by atoms with Crippen LogP contribution in [0.2, 0.25) is 0 Å². The summed E-state index contributed by atoms with van der Waals surface area (Å²) in [5, 5.41) is 3.82. The highest BCUT2D eigenvalue weighted by atomic mass is 15.0. The summed E-state index contributed by atoms with van der Waals surface area (Å²) in [6.45, 7) is 2.30. The normalized spacial score (nSPS) is 28.8. The largest absolute Gasteiger partial charge is 0.381 e. The number of nitrogens with one attached hydrogen (secondary N) is 1. The molecule has 1 unspecified atom stereocenters. The molecule has 1 nitrogen and oxygen atoms in total. The van der Waals surface area contributed by atoms with Crippen molar-refractivity contribution in [1.82, 2.24) is 0 Å². The van der Waals surface area contributed by atoms with Crippen molar-refractivity contribution < 1.29 is 0 Å². The average Bonchev–Trinajstić information content (AvgIpc) is 2.48. The molecule has 0 spiro atoms. The maximum absolute atomic E-state index is 3.82. The van der Waals surface area contributed by atoms with E-state index in [-0.39, 0.29) is 0 Å². The Labute approximate surface area is 116 Å². The molecule has 1 aliphatic carbocycles. The molecule has 100 valence electrons. The zero-order valence-electron chi connectivity index (χ0n) is 11.7. The molecule has 0 bridgehead atoms. The van der Waals surface area contributed by atoms with Gasteiger partial charge in [0.2, 0.25) is 0 Å². The molecule has 19 heavy (non-hydrogen) atoms. The molecule has 1 N–H and O–H groups in total. The van der Waals surface area contributed by atoms with Gasteiger partial charge < -0.3 is 5.32 Å². The van der Waals surface area contributed by atoms with Crippen LogP contribution < -0.4 is 5.32 Å². The summed E-state index contributed by atoms with van der Waals surface area (Å²) in [5.41, 5.74) is 2.84. The molecule has 0 saturated heterocycles. The summed E-state index contributed by atoms with van der Waals surface area (Å²) >= 11 is 0. The average molecular weight is 253 g/mol. The zero-order valence-corrected chi connectivity index (χ0v) is 11.7. The lowest BCUT2D eigenvalue weighted by Crippen LogP contribution is -2.40. The minimum absolute atomic E-state index is 0.594. The van der Waals surface area contributed by atoms with E-state index in [0.29, 0.717) is 12.0 Å². The Morgan fingerprint density at radius 2 is 2.11 bits per heavy atom. The molecule has 0 radical (unpaired) electrons. The zero-order chi connectivity index (χ0) is 13.1. The Hall–Kier alpha value is -1.50. The van der Waals surface area contributed by atoms with Crippen molar-refractivity contribution in [3.8, 4) is 0 Å². The Bertz CT molecular complexity index is 486. The SMILES string of the molecule is CCC[C@H]1Cc2ccccc2N[C@H]1C1C=CC=CC1. The Morgan fingerprint density at radius 1 is 1.21 bits per heavy atom. The summed E-state index contributed by atoms with van der Waals surface area (Å²) in [6, 6.07) is 9.40. The van der Waals surface area contributed by atoms with Crippen LogP contribution in [0.5, 0.6) is 0 Å². The summed E-state index contributed by atoms with van der Waals surface area (Å²) in [7, 11) is 0. The van der Waals surface area contributed by atoms with E-state index < -0.39 is 0 Å². The monoisotopic (exact) mass is 253 g/mol. The molecule has 1 heteroatoms. The molecule has 1 heterocycles. The first-order valence-corrected chi connectivity index (χ1v) is 7.56. The topological polar surface area (TPSA) is 12.0 Å². The van der Waals surface area contributed by atoms with Gasteiger partial charge in [-0.25, -0.2) is 0 Å². The summed E-state index contributed by atoms with van der Waals surface area (Å²) in [4.78, 5) is 0. The minimum Gasteiger partial charge on any atom is -0.381 e. The number of rotatable bonds is 3. The fraction of sp³-hybridized carbons (Fsp3) is 0.444. The Balaban J connectivity index is 1.85. The number of hydrogen-bond acceptors (Lipinski definition) is 1. The van der Waals surface area contributed by atoms with Crippen LogP contribution in [0.25, 0.3) is 0 Å². The van der Waals surface area contributed by atoms with Gasteiger partial charge in [-0.1, -0.05) is 55.8 Å². The lowest BCUT2D eigenvalue weighted by molar-refractivity contribution is 0.336. The maximum atomic E-state index is 3.82. The molecule has 3 atom stereocenters. The van der Waals surface area contributed by atoms with Crippen molar-refractivity contribution in [2.45, 2.75) is 38.6 Å². The van der Waals surface area contributed by atoms with Gasteiger partial charge in [-0.2, -0.15) is 0 Å². The van der Waals surface area contributed by atoms with Gasteiger partial charge in [0, 0.05) is 17.6 Å². The predicted octanol–water partition coefficient (Wildman–Crippen LogP) is 4.57. The van der Waals surface area contributed by atoms with E-state index in [2.05, 4.69) is 60.8 Å². The van der Waals surface area contributed by atoms with Gasteiger partial charge in [-0.15, -0.1) is 0 Å². The van der Waals surface area contributed by atoms with E-state index in [1.54, 1.807) is 0 Å². The third kappa shape index (κ3) is 2.60. The van der Waals surface area contributed by atoms with Crippen LogP contribution in [0.15, 0.2) is 48.6 Å². The fourth-order valence-electron chi connectivity index (χ4n) is 3.52. The second-order valence-electron chi connectivity index (χ2n) is 5.79. The van der Waals surface area contributed by atoms with Crippen LogP contribution in [0.1, 0.15) is 31.7 Å². The van der Waals surface area contributed by atoms with Crippen molar-refractivity contribution in [3.05, 3.63) is 54.1 Å². The van der Waals surface area contributed by atoms with Crippen LogP contribution in [0.4, 0.5) is 5.69 Å². The molecular weight excluding hydrogens is 230 g/mol. The van der Waals surface area contributed by atoms with Gasteiger partial charge in [0.25, 0.3) is 0 Å². The van der Waals surface area contributed by atoms with Gasteiger partial charge in [-0.05, 0) is 36.8 Å². The fourth-order valence-corrected chi connectivity index (χ4v) is 3.52. The van der Waals surface area contributed by atoms with Crippen LogP contribution in [-0.2, 0) is 6.42 Å². The van der Waals surface area contributed by atoms with Crippen molar-refractivity contribution in [2.24, 2.45) is 11.8 Å². The first kappa shape index (κ1) is 12.5. The smallest absolute Gasteiger partial charge is 0.0375 e. The molecule has 3 rings (SSSR count). The van der Waals surface area contributed by atoms with Crippen LogP contribution in [0, 0.1) is 11.8 Å². The Kier molecular flexibility index (Phi) is 3.72. The first-order valence-electron chi connectivity index (χ1n) is 7.56. The third-order valence-electron chi connectivity index (χ3n) is 4.46.